The van der Waals surface area contributed by atoms with Crippen molar-refractivity contribution in [1.29, 1.82) is 0 Å². The third-order valence-corrected chi connectivity index (χ3v) is 4.09. The van der Waals surface area contributed by atoms with E-state index in [0.29, 0.717) is 21.5 Å². The summed E-state index contributed by atoms with van der Waals surface area (Å²) in [4.78, 5) is 20.3. The fraction of sp³-hybridized carbons (Fsp3) is 0.167. The van der Waals surface area contributed by atoms with E-state index in [0.717, 1.165) is 12.2 Å². The molecule has 3 rings (SSSR count). The van der Waals surface area contributed by atoms with Crippen LogP contribution in [0.3, 0.4) is 0 Å². The maximum absolute atomic E-state index is 11.5. The minimum Gasteiger partial charge on any atom is -0.542 e. The number of hydrogen-bond acceptors (Lipinski definition) is 4. The molecule has 29 heavy (non-hydrogen) atoms. The van der Waals surface area contributed by atoms with E-state index < -0.39 is 18.1 Å². The average molecular weight is 429 g/mol. The Bertz CT molecular complexity index is 1030. The van der Waals surface area contributed by atoms with Crippen LogP contribution >= 0.6 is 11.6 Å². The molecular formula is C18H16ClF3N4O3. The van der Waals surface area contributed by atoms with E-state index in [1.54, 1.807) is 16.8 Å². The van der Waals surface area contributed by atoms with Crippen LogP contribution in [0.1, 0.15) is 15.9 Å². The molecule has 1 aromatic heterocycles. The number of hydrogen-bond donors (Lipinski definition) is 2. The molecule has 0 aliphatic rings. The number of amides is 1. The van der Waals surface area contributed by atoms with Gasteiger partial charge in [0.15, 0.2) is 0 Å². The number of carbonyl (C=O) groups excluding carboxylic acids is 2. The van der Waals surface area contributed by atoms with Gasteiger partial charge in [-0.2, -0.15) is 18.3 Å². The van der Waals surface area contributed by atoms with Crippen LogP contribution in [0, 0.1) is 0 Å². The lowest BCUT2D eigenvalue weighted by atomic mass is 10.1. The number of alkyl halides is 3. The second-order valence-electron chi connectivity index (χ2n) is 5.86. The SMILES string of the molecule is C[NH2+]Cc1ccc(-n2cc3c(Cl)ccc(C(N)=O)c3n2)cc1.O=C([O-])C(F)(F)F. The highest BCUT2D eigenvalue weighted by atomic mass is 35.5. The summed E-state index contributed by atoms with van der Waals surface area (Å²) >= 11 is 6.19. The maximum atomic E-state index is 11.5. The van der Waals surface area contributed by atoms with Gasteiger partial charge in [0, 0.05) is 17.1 Å². The normalized spacial score (nSPS) is 11.1. The minimum absolute atomic E-state index is 0.371. The number of nitrogens with two attached hydrogens (primary N) is 2. The van der Waals surface area contributed by atoms with Crippen LogP contribution in [0.15, 0.2) is 42.6 Å². The standard InChI is InChI=1S/C16H15ClN4O.C2HF3O2/c1-19-8-10-2-4-11(5-3-10)21-9-13-14(17)7-6-12(16(18)22)15(13)20-21;3-2(4,5)1(6)7/h2-7,9,19H,8H2,1H3,(H2,18,22);(H,6,7). The third-order valence-electron chi connectivity index (χ3n) is 3.76. The zero-order chi connectivity index (χ0) is 21.8. The number of fused-ring (bicyclic) bond motifs is 1. The molecule has 1 heterocycles. The topological polar surface area (TPSA) is 118 Å². The third kappa shape index (κ3) is 5.46. The molecule has 7 nitrogen and oxygen atoms in total. The van der Waals surface area contributed by atoms with Gasteiger partial charge in [-0.1, -0.05) is 23.7 Å². The molecule has 0 aliphatic heterocycles. The van der Waals surface area contributed by atoms with E-state index in [9.17, 15) is 18.0 Å². The Hall–Kier alpha value is -3.11. The highest BCUT2D eigenvalue weighted by Crippen LogP contribution is 2.26. The van der Waals surface area contributed by atoms with E-state index in [1.807, 2.05) is 25.4 Å². The number of carboxylic acid groups (broad SMARTS) is 1. The van der Waals surface area contributed by atoms with Crippen molar-refractivity contribution in [3.05, 3.63) is 58.7 Å². The quantitative estimate of drug-likeness (QED) is 0.638. The van der Waals surface area contributed by atoms with Crippen LogP contribution in [0.5, 0.6) is 0 Å². The van der Waals surface area contributed by atoms with Gasteiger partial charge in [-0.3, -0.25) is 4.79 Å². The fourth-order valence-electron chi connectivity index (χ4n) is 2.42. The number of carboxylic acids is 1. The predicted molar refractivity (Wildman–Crippen MR) is 97.2 cm³/mol. The van der Waals surface area contributed by atoms with Crippen LogP contribution in [0.2, 0.25) is 5.02 Å². The Kier molecular flexibility index (Phi) is 6.83. The molecule has 0 unspecified atom stereocenters. The van der Waals surface area contributed by atoms with Crippen molar-refractivity contribution in [2.24, 2.45) is 5.73 Å². The van der Waals surface area contributed by atoms with Gasteiger partial charge in [0.05, 0.1) is 23.3 Å². The molecule has 3 aromatic rings. The number of carbonyl (C=O) groups is 2. The molecule has 1 amide bonds. The van der Waals surface area contributed by atoms with E-state index in [2.05, 4.69) is 22.5 Å². The summed E-state index contributed by atoms with van der Waals surface area (Å²) in [6.07, 6.45) is -3.38. The van der Waals surface area contributed by atoms with E-state index in [4.69, 9.17) is 27.2 Å². The van der Waals surface area contributed by atoms with Crippen LogP contribution in [0.4, 0.5) is 13.2 Å². The molecule has 0 spiro atoms. The van der Waals surface area contributed by atoms with Gasteiger partial charge in [0.1, 0.15) is 18.0 Å². The summed E-state index contributed by atoms with van der Waals surface area (Å²) < 4.78 is 33.3. The van der Waals surface area contributed by atoms with Crippen molar-refractivity contribution in [3.63, 3.8) is 0 Å². The Morgan fingerprint density at radius 3 is 2.28 bits per heavy atom. The van der Waals surface area contributed by atoms with Gasteiger partial charge in [0.25, 0.3) is 5.91 Å². The summed E-state index contributed by atoms with van der Waals surface area (Å²) in [7, 11) is 2.03. The second-order valence-corrected chi connectivity index (χ2v) is 6.27. The number of halogens is 4. The van der Waals surface area contributed by atoms with Gasteiger partial charge in [-0.15, -0.1) is 0 Å². The number of aromatic nitrogens is 2. The first-order valence-electron chi connectivity index (χ1n) is 8.17. The molecule has 0 saturated carbocycles. The summed E-state index contributed by atoms with van der Waals surface area (Å²) in [5, 5.41) is 16.6. The monoisotopic (exact) mass is 428 g/mol. The Balaban J connectivity index is 0.000000370. The molecule has 154 valence electrons. The van der Waals surface area contributed by atoms with Gasteiger partial charge >= 0.3 is 6.18 Å². The summed E-state index contributed by atoms with van der Waals surface area (Å²) in [5.74, 6) is -3.52. The zero-order valence-corrected chi connectivity index (χ0v) is 15.8. The number of aliphatic carboxylic acids is 1. The van der Waals surface area contributed by atoms with Crippen LogP contribution in [-0.2, 0) is 11.3 Å². The maximum Gasteiger partial charge on any atom is 0.430 e. The van der Waals surface area contributed by atoms with Crippen LogP contribution in [-0.4, -0.2) is 34.9 Å². The Morgan fingerprint density at radius 1 is 1.21 bits per heavy atom. The number of benzene rings is 2. The molecule has 0 saturated heterocycles. The van der Waals surface area contributed by atoms with E-state index in [1.165, 1.54) is 5.56 Å². The molecule has 2 aromatic carbocycles. The van der Waals surface area contributed by atoms with Gasteiger partial charge in [-0.25, -0.2) is 4.68 Å². The summed E-state index contributed by atoms with van der Waals surface area (Å²) in [5.41, 5.74) is 8.43. The first-order valence-corrected chi connectivity index (χ1v) is 8.55. The summed E-state index contributed by atoms with van der Waals surface area (Å²) in [6, 6.07) is 11.3. The van der Waals surface area contributed by atoms with Gasteiger partial charge < -0.3 is 21.0 Å². The average Bonchev–Trinajstić information content (AvgIpc) is 3.08. The number of quaternary nitrogens is 1. The number of rotatable bonds is 4. The van der Waals surface area contributed by atoms with Gasteiger partial charge in [-0.05, 0) is 24.3 Å². The van der Waals surface area contributed by atoms with E-state index >= 15 is 0 Å². The lowest BCUT2D eigenvalue weighted by Crippen LogP contribution is -2.77. The molecule has 0 fully saturated rings. The highest BCUT2D eigenvalue weighted by molar-refractivity contribution is 6.36. The molecule has 0 atom stereocenters. The largest absolute Gasteiger partial charge is 0.542 e. The fourth-order valence-corrected chi connectivity index (χ4v) is 2.63. The second kappa shape index (κ2) is 8.93. The van der Waals surface area contributed by atoms with Crippen LogP contribution < -0.4 is 16.2 Å². The predicted octanol–water partition coefficient (Wildman–Crippen LogP) is 0.770. The number of nitrogens with zero attached hydrogens (tertiary/aromatic N) is 2. The van der Waals surface area contributed by atoms with Crippen molar-refractivity contribution in [3.8, 4) is 5.69 Å². The molecule has 11 heteroatoms. The van der Waals surface area contributed by atoms with E-state index in [-0.39, 0.29) is 0 Å². The highest BCUT2D eigenvalue weighted by Gasteiger charge is 2.28. The lowest BCUT2D eigenvalue weighted by molar-refractivity contribution is -0.643. The van der Waals surface area contributed by atoms with Gasteiger partial charge in [0.2, 0.25) is 0 Å². The van der Waals surface area contributed by atoms with Crippen molar-refractivity contribution in [2.75, 3.05) is 7.05 Å². The summed E-state index contributed by atoms with van der Waals surface area (Å²) in [6.45, 7) is 0.930. The first kappa shape index (κ1) is 22.2. The zero-order valence-electron chi connectivity index (χ0n) is 15.0. The smallest absolute Gasteiger partial charge is 0.430 e. The van der Waals surface area contributed by atoms with Crippen molar-refractivity contribution in [2.45, 2.75) is 12.7 Å². The number of primary amides is 1. The molecule has 0 bridgehead atoms. The van der Waals surface area contributed by atoms with Crippen molar-refractivity contribution < 1.29 is 33.2 Å². The molecular weight excluding hydrogens is 413 g/mol. The van der Waals surface area contributed by atoms with Crippen LogP contribution in [0.25, 0.3) is 16.6 Å². The molecule has 0 radical (unpaired) electrons. The minimum atomic E-state index is -5.19. The van der Waals surface area contributed by atoms with Crippen molar-refractivity contribution >= 4 is 34.4 Å². The Morgan fingerprint density at radius 2 is 1.79 bits per heavy atom. The first-order chi connectivity index (χ1) is 13.5. The molecule has 0 aliphatic carbocycles. The Labute approximate surface area is 167 Å². The lowest BCUT2D eigenvalue weighted by Gasteiger charge is -2.03. The van der Waals surface area contributed by atoms with Crippen molar-refractivity contribution in [1.82, 2.24) is 9.78 Å². The molecule has 4 N–H and O–H groups in total.